The molecule has 212 valence electrons. The summed E-state index contributed by atoms with van der Waals surface area (Å²) < 4.78 is 94.9. The van der Waals surface area contributed by atoms with Gasteiger partial charge in [-0.1, -0.05) is 6.92 Å². The van der Waals surface area contributed by atoms with Gasteiger partial charge in [-0.05, 0) is 36.6 Å². The van der Waals surface area contributed by atoms with Crippen LogP contribution in [0.1, 0.15) is 49.5 Å². The highest BCUT2D eigenvalue weighted by Gasteiger charge is 2.34. The lowest BCUT2D eigenvalue weighted by atomic mass is 10.0. The van der Waals surface area contributed by atoms with Gasteiger partial charge in [0, 0.05) is 24.3 Å². The molecule has 1 N–H and O–H groups in total. The minimum atomic E-state index is -4.81. The predicted molar refractivity (Wildman–Crippen MR) is 135 cm³/mol. The van der Waals surface area contributed by atoms with Gasteiger partial charge in [-0.25, -0.2) is 12.6 Å². The fraction of sp³-hybridized carbons (Fsp3) is 0.500. The van der Waals surface area contributed by atoms with Gasteiger partial charge in [0.1, 0.15) is 0 Å². The minimum Gasteiger partial charge on any atom is -0.493 e. The molecule has 0 saturated carbocycles. The maximum Gasteiger partial charge on any atom is 0.400 e. The van der Waals surface area contributed by atoms with Crippen molar-refractivity contribution in [2.24, 2.45) is 0 Å². The van der Waals surface area contributed by atoms with E-state index in [0.717, 1.165) is 11.8 Å². The third-order valence-corrected chi connectivity index (χ3v) is 7.55. The van der Waals surface area contributed by atoms with Crippen molar-refractivity contribution in [2.75, 3.05) is 34.7 Å². The lowest BCUT2D eigenvalue weighted by Gasteiger charge is -2.22. The van der Waals surface area contributed by atoms with Crippen molar-refractivity contribution in [3.05, 3.63) is 35.4 Å². The fourth-order valence-electron chi connectivity index (χ4n) is 4.23. The van der Waals surface area contributed by atoms with E-state index in [1.54, 1.807) is 19.1 Å². The zero-order valence-corrected chi connectivity index (χ0v) is 23.6. The Morgan fingerprint density at radius 1 is 0.868 bits per heavy atom. The summed E-state index contributed by atoms with van der Waals surface area (Å²) in [6.45, 7) is 1.56. The van der Waals surface area contributed by atoms with Gasteiger partial charge in [0.2, 0.25) is 12.0 Å². The number of hydrogen-bond acceptors (Lipinski definition) is 11. The van der Waals surface area contributed by atoms with Gasteiger partial charge in [0.15, 0.2) is 32.8 Å². The summed E-state index contributed by atoms with van der Waals surface area (Å²) >= 11 is 0. The van der Waals surface area contributed by atoms with E-state index in [-0.39, 0.29) is 22.8 Å². The molecule has 1 fully saturated rings. The topological polar surface area (TPSA) is 153 Å². The zero-order chi connectivity index (χ0) is 28.3. The van der Waals surface area contributed by atoms with Gasteiger partial charge in [0.05, 0.1) is 45.5 Å². The molecular formula is C24H32O12S2. The number of hydrogen-bond donors (Lipinski definition) is 1. The summed E-state index contributed by atoms with van der Waals surface area (Å²) in [5, 5.41) is 0. The van der Waals surface area contributed by atoms with Crippen LogP contribution in [0.5, 0.6) is 28.7 Å². The summed E-state index contributed by atoms with van der Waals surface area (Å²) in [4.78, 5) is -0.0782. The van der Waals surface area contributed by atoms with Crippen LogP contribution in [0, 0.1) is 0 Å². The summed E-state index contributed by atoms with van der Waals surface area (Å²) in [6.07, 6.45) is -0.271. The van der Waals surface area contributed by atoms with Crippen LogP contribution >= 0.6 is 0 Å². The van der Waals surface area contributed by atoms with Crippen molar-refractivity contribution in [3.63, 3.8) is 0 Å². The van der Waals surface area contributed by atoms with Crippen LogP contribution in [0.2, 0.25) is 0 Å². The van der Waals surface area contributed by atoms with Crippen LogP contribution in [-0.4, -0.2) is 62.4 Å². The SMILES string of the molecule is CCC(Oc1cc(S(C)(=O)=O)c(C2CCC(c3cc(OC)c(OC)c(OC)c3)O2)cc1OC)OS(=O)(=O)O. The molecule has 0 amide bonds. The summed E-state index contributed by atoms with van der Waals surface area (Å²) in [7, 11) is -2.72. The van der Waals surface area contributed by atoms with Crippen molar-refractivity contribution in [2.45, 2.75) is 49.6 Å². The molecule has 1 aliphatic rings. The van der Waals surface area contributed by atoms with Gasteiger partial charge < -0.3 is 28.4 Å². The summed E-state index contributed by atoms with van der Waals surface area (Å²) in [5.41, 5.74) is 1.12. The van der Waals surface area contributed by atoms with Gasteiger partial charge >= 0.3 is 10.4 Å². The molecule has 0 spiro atoms. The predicted octanol–water partition coefficient (Wildman–Crippen LogP) is 3.65. The molecule has 14 heteroatoms. The van der Waals surface area contributed by atoms with E-state index < -0.39 is 38.7 Å². The van der Waals surface area contributed by atoms with Crippen LogP contribution in [0.4, 0.5) is 0 Å². The Bertz CT molecular complexity index is 1330. The normalized spacial score (nSPS) is 18.6. The maximum atomic E-state index is 12.8. The van der Waals surface area contributed by atoms with Gasteiger partial charge in [0.25, 0.3) is 0 Å². The quantitative estimate of drug-likeness (QED) is 0.290. The molecule has 0 aliphatic carbocycles. The van der Waals surface area contributed by atoms with E-state index in [2.05, 4.69) is 4.18 Å². The summed E-state index contributed by atoms with van der Waals surface area (Å²) in [5.74, 6) is 1.42. The molecule has 0 radical (unpaired) electrons. The average molecular weight is 577 g/mol. The Morgan fingerprint density at radius 3 is 1.92 bits per heavy atom. The Hall–Kier alpha value is -2.78. The van der Waals surface area contributed by atoms with Crippen LogP contribution in [-0.2, 0) is 29.2 Å². The molecule has 2 aromatic carbocycles. The zero-order valence-electron chi connectivity index (χ0n) is 21.9. The first kappa shape index (κ1) is 29.8. The van der Waals surface area contributed by atoms with Crippen molar-refractivity contribution < 1.29 is 54.0 Å². The van der Waals surface area contributed by atoms with Gasteiger partial charge in [-0.15, -0.1) is 0 Å². The first-order valence-corrected chi connectivity index (χ1v) is 14.8. The number of benzene rings is 2. The second-order valence-corrected chi connectivity index (χ2v) is 11.5. The third kappa shape index (κ3) is 6.80. The van der Waals surface area contributed by atoms with Crippen molar-refractivity contribution >= 4 is 20.2 Å². The number of sulfone groups is 1. The Kier molecular flexibility index (Phi) is 9.36. The van der Waals surface area contributed by atoms with Crippen LogP contribution < -0.4 is 23.7 Å². The van der Waals surface area contributed by atoms with E-state index in [1.807, 2.05) is 0 Å². The lowest BCUT2D eigenvalue weighted by Crippen LogP contribution is -2.23. The molecule has 12 nitrogen and oxygen atoms in total. The first-order chi connectivity index (χ1) is 17.8. The van der Waals surface area contributed by atoms with Gasteiger partial charge in [-0.3, -0.25) is 4.55 Å². The molecule has 1 aliphatic heterocycles. The second kappa shape index (κ2) is 11.9. The molecule has 3 rings (SSSR count). The largest absolute Gasteiger partial charge is 0.493 e. The van der Waals surface area contributed by atoms with E-state index in [0.29, 0.717) is 35.7 Å². The van der Waals surface area contributed by atoms with Crippen molar-refractivity contribution in [3.8, 4) is 28.7 Å². The van der Waals surface area contributed by atoms with Crippen LogP contribution in [0.25, 0.3) is 0 Å². The fourth-order valence-corrected chi connectivity index (χ4v) is 5.61. The average Bonchev–Trinajstić information content (AvgIpc) is 3.35. The molecule has 2 aromatic rings. The molecule has 38 heavy (non-hydrogen) atoms. The number of methoxy groups -OCH3 is 4. The molecule has 0 aromatic heterocycles. The van der Waals surface area contributed by atoms with Crippen molar-refractivity contribution in [1.29, 1.82) is 0 Å². The smallest absolute Gasteiger partial charge is 0.400 e. The lowest BCUT2D eigenvalue weighted by molar-refractivity contribution is -0.00171. The van der Waals surface area contributed by atoms with Gasteiger partial charge in [-0.2, -0.15) is 8.42 Å². The minimum absolute atomic E-state index is 0.0289. The van der Waals surface area contributed by atoms with E-state index >= 15 is 0 Å². The maximum absolute atomic E-state index is 12.8. The molecule has 1 saturated heterocycles. The van der Waals surface area contributed by atoms with Crippen LogP contribution in [0.15, 0.2) is 29.2 Å². The Morgan fingerprint density at radius 2 is 1.45 bits per heavy atom. The Balaban J connectivity index is 1.99. The molecule has 0 bridgehead atoms. The molecular weight excluding hydrogens is 544 g/mol. The molecule has 3 atom stereocenters. The van der Waals surface area contributed by atoms with Crippen molar-refractivity contribution in [1.82, 2.24) is 0 Å². The first-order valence-electron chi connectivity index (χ1n) is 11.5. The molecule has 3 unspecified atom stereocenters. The van der Waals surface area contributed by atoms with E-state index in [4.69, 9.17) is 33.0 Å². The second-order valence-electron chi connectivity index (χ2n) is 8.44. The Labute approximate surface area is 222 Å². The highest BCUT2D eigenvalue weighted by atomic mass is 32.3. The number of rotatable bonds is 12. The third-order valence-electron chi connectivity index (χ3n) is 5.94. The summed E-state index contributed by atoms with van der Waals surface area (Å²) in [6, 6.07) is 6.27. The standard InChI is InChI=1S/C24H32O12S2/c1-7-23(36-38(27,28)29)35-19-13-22(37(6,25)26)15(12-18(19)30-2)17-9-8-16(34-17)14-10-20(31-3)24(33-5)21(11-14)32-4/h10-13,16-17,23H,7-9H2,1-6H3,(H,27,28,29). The highest BCUT2D eigenvalue weighted by molar-refractivity contribution is 7.90. The molecule has 1 heterocycles. The van der Waals surface area contributed by atoms with Crippen LogP contribution in [0.3, 0.4) is 0 Å². The van der Waals surface area contributed by atoms with E-state index in [9.17, 15) is 16.8 Å². The van der Waals surface area contributed by atoms with E-state index in [1.165, 1.54) is 40.6 Å². The monoisotopic (exact) mass is 576 g/mol. The highest BCUT2D eigenvalue weighted by Crippen LogP contribution is 2.48. The number of ether oxygens (including phenoxy) is 6.